The molecule has 1 rings (SSSR count). The Hall–Kier alpha value is -1.23. The van der Waals surface area contributed by atoms with Crippen molar-refractivity contribution in [2.24, 2.45) is 0 Å². The van der Waals surface area contributed by atoms with Crippen molar-refractivity contribution in [2.75, 3.05) is 7.11 Å². The van der Waals surface area contributed by atoms with Gasteiger partial charge in [-0.2, -0.15) is 13.5 Å². The van der Waals surface area contributed by atoms with Crippen LogP contribution in [-0.4, -0.2) is 12.0 Å². The number of non-ortho nitro benzene ring substituents is 1. The Kier molecular flexibility index (Phi) is 4.14. The average molecular weight is 187 g/mol. The molecule has 12 heavy (non-hydrogen) atoms. The van der Waals surface area contributed by atoms with E-state index < -0.39 is 4.92 Å². The minimum atomic E-state index is -0.445. The summed E-state index contributed by atoms with van der Waals surface area (Å²) in [4.78, 5) is 9.72. The predicted octanol–water partition coefficient (Wildman–Crippen LogP) is 1.72. The SMILES string of the molecule is COc1ccc([N+](=O)[O-])cc1.S. The highest BCUT2D eigenvalue weighted by atomic mass is 32.1. The first kappa shape index (κ1) is 10.8. The first-order valence-electron chi connectivity index (χ1n) is 3.02. The topological polar surface area (TPSA) is 52.4 Å². The lowest BCUT2D eigenvalue weighted by Crippen LogP contribution is -1.87. The van der Waals surface area contributed by atoms with Gasteiger partial charge in [-0.3, -0.25) is 10.1 Å². The maximum Gasteiger partial charge on any atom is 0.269 e. The summed E-state index contributed by atoms with van der Waals surface area (Å²) in [6.07, 6.45) is 0. The van der Waals surface area contributed by atoms with E-state index in [2.05, 4.69) is 0 Å². The van der Waals surface area contributed by atoms with Gasteiger partial charge in [0.2, 0.25) is 0 Å². The molecule has 0 atom stereocenters. The zero-order valence-corrected chi connectivity index (χ0v) is 7.48. The lowest BCUT2D eigenvalue weighted by Gasteiger charge is -1.96. The fourth-order valence-electron chi connectivity index (χ4n) is 0.704. The van der Waals surface area contributed by atoms with Gasteiger partial charge in [-0.05, 0) is 12.1 Å². The summed E-state index contributed by atoms with van der Waals surface area (Å²) in [7, 11) is 1.52. The Morgan fingerprint density at radius 2 is 1.83 bits per heavy atom. The highest BCUT2D eigenvalue weighted by Gasteiger charge is 2.02. The van der Waals surface area contributed by atoms with Crippen LogP contribution in [0.5, 0.6) is 5.75 Å². The molecule has 4 nitrogen and oxygen atoms in total. The number of methoxy groups -OCH3 is 1. The summed E-state index contributed by atoms with van der Waals surface area (Å²) >= 11 is 0. The van der Waals surface area contributed by atoms with Crippen molar-refractivity contribution in [3.8, 4) is 5.75 Å². The molecule has 1 aromatic rings. The number of nitrogens with zero attached hydrogens (tertiary/aromatic N) is 1. The number of nitro groups is 1. The van der Waals surface area contributed by atoms with Crippen LogP contribution in [-0.2, 0) is 0 Å². The Bertz CT molecular complexity index is 260. The fourth-order valence-corrected chi connectivity index (χ4v) is 0.704. The lowest BCUT2D eigenvalue weighted by molar-refractivity contribution is -0.384. The third-order valence-corrected chi connectivity index (χ3v) is 1.28. The van der Waals surface area contributed by atoms with E-state index in [1.165, 1.54) is 19.2 Å². The third kappa shape index (κ3) is 2.43. The molecule has 0 N–H and O–H groups in total. The van der Waals surface area contributed by atoms with Gasteiger partial charge in [-0.15, -0.1) is 0 Å². The van der Waals surface area contributed by atoms with Crippen molar-refractivity contribution in [3.63, 3.8) is 0 Å². The van der Waals surface area contributed by atoms with Crippen LogP contribution in [0.15, 0.2) is 24.3 Å². The molecule has 0 aromatic heterocycles. The Morgan fingerprint density at radius 1 is 1.33 bits per heavy atom. The van der Waals surface area contributed by atoms with Gasteiger partial charge >= 0.3 is 0 Å². The highest BCUT2D eigenvalue weighted by molar-refractivity contribution is 7.59. The molecule has 0 aliphatic carbocycles. The second-order valence-corrected chi connectivity index (χ2v) is 1.96. The molecule has 0 unspecified atom stereocenters. The number of nitro benzene ring substituents is 1. The summed E-state index contributed by atoms with van der Waals surface area (Å²) in [5.74, 6) is 0.621. The highest BCUT2D eigenvalue weighted by Crippen LogP contribution is 2.16. The van der Waals surface area contributed by atoms with E-state index in [0.717, 1.165) is 0 Å². The predicted molar refractivity (Wildman–Crippen MR) is 50.0 cm³/mol. The number of ether oxygens (including phenoxy) is 1. The largest absolute Gasteiger partial charge is 0.497 e. The summed E-state index contributed by atoms with van der Waals surface area (Å²) in [6.45, 7) is 0. The maximum absolute atomic E-state index is 10.2. The van der Waals surface area contributed by atoms with E-state index in [1.807, 2.05) is 0 Å². The first-order valence-corrected chi connectivity index (χ1v) is 3.02. The summed E-state index contributed by atoms with van der Waals surface area (Å²) in [6, 6.07) is 5.91. The van der Waals surface area contributed by atoms with Crippen LogP contribution in [0.2, 0.25) is 0 Å². The van der Waals surface area contributed by atoms with Crippen molar-refractivity contribution in [2.45, 2.75) is 0 Å². The molecule has 0 fully saturated rings. The van der Waals surface area contributed by atoms with Crippen LogP contribution in [0.4, 0.5) is 5.69 Å². The Morgan fingerprint density at radius 3 is 2.17 bits per heavy atom. The van der Waals surface area contributed by atoms with Crippen LogP contribution in [0.3, 0.4) is 0 Å². The third-order valence-electron chi connectivity index (χ3n) is 1.28. The average Bonchev–Trinajstić information content (AvgIpc) is 2.05. The van der Waals surface area contributed by atoms with Gasteiger partial charge in [-0.1, -0.05) is 0 Å². The van der Waals surface area contributed by atoms with Gasteiger partial charge in [0.25, 0.3) is 5.69 Å². The Balaban J connectivity index is 0.00000121. The van der Waals surface area contributed by atoms with Crippen LogP contribution in [0.25, 0.3) is 0 Å². The zero-order chi connectivity index (χ0) is 8.27. The summed E-state index contributed by atoms with van der Waals surface area (Å²) in [5, 5.41) is 10.2. The second kappa shape index (κ2) is 4.61. The molecule has 5 heteroatoms. The number of hydrogen-bond acceptors (Lipinski definition) is 3. The molecule has 0 bridgehead atoms. The van der Waals surface area contributed by atoms with E-state index >= 15 is 0 Å². The van der Waals surface area contributed by atoms with Gasteiger partial charge < -0.3 is 4.74 Å². The molecule has 1 aromatic carbocycles. The summed E-state index contributed by atoms with van der Waals surface area (Å²) in [5.41, 5.74) is 0.0748. The minimum Gasteiger partial charge on any atom is -0.497 e. The van der Waals surface area contributed by atoms with Crippen molar-refractivity contribution in [1.29, 1.82) is 0 Å². The number of benzene rings is 1. The molecule has 0 amide bonds. The summed E-state index contributed by atoms with van der Waals surface area (Å²) < 4.78 is 4.83. The maximum atomic E-state index is 10.2. The van der Waals surface area contributed by atoms with Crippen LogP contribution < -0.4 is 4.74 Å². The lowest BCUT2D eigenvalue weighted by atomic mass is 10.3. The fraction of sp³-hybridized carbons (Fsp3) is 0.143. The van der Waals surface area contributed by atoms with Crippen molar-refractivity contribution < 1.29 is 9.66 Å². The molecule has 0 heterocycles. The molecule has 0 aliphatic rings. The van der Waals surface area contributed by atoms with Crippen LogP contribution in [0.1, 0.15) is 0 Å². The normalized spacial score (nSPS) is 8.42. The number of hydrogen-bond donors (Lipinski definition) is 0. The van der Waals surface area contributed by atoms with Crippen molar-refractivity contribution in [1.82, 2.24) is 0 Å². The van der Waals surface area contributed by atoms with Crippen molar-refractivity contribution >= 4 is 19.2 Å². The second-order valence-electron chi connectivity index (χ2n) is 1.96. The molecule has 0 spiro atoms. The molecule has 0 aliphatic heterocycles. The van der Waals surface area contributed by atoms with Gasteiger partial charge in [-0.25, -0.2) is 0 Å². The van der Waals surface area contributed by atoms with Crippen LogP contribution in [0, 0.1) is 10.1 Å². The van der Waals surface area contributed by atoms with Gasteiger partial charge in [0.15, 0.2) is 0 Å². The standard InChI is InChI=1S/C7H7NO3.H2S/c1-11-7-4-2-6(3-5-7)8(9)10;/h2-5H,1H3;1H2. The molecular weight excluding hydrogens is 178 g/mol. The van der Waals surface area contributed by atoms with E-state index in [0.29, 0.717) is 5.75 Å². The van der Waals surface area contributed by atoms with E-state index in [4.69, 9.17) is 4.74 Å². The zero-order valence-electron chi connectivity index (χ0n) is 6.48. The minimum absolute atomic E-state index is 0. The van der Waals surface area contributed by atoms with Gasteiger partial charge in [0.1, 0.15) is 5.75 Å². The molecule has 66 valence electrons. The van der Waals surface area contributed by atoms with E-state index in [9.17, 15) is 10.1 Å². The monoisotopic (exact) mass is 187 g/mol. The van der Waals surface area contributed by atoms with E-state index in [1.54, 1.807) is 12.1 Å². The molecule has 0 saturated heterocycles. The first-order chi connectivity index (χ1) is 5.24. The van der Waals surface area contributed by atoms with E-state index in [-0.39, 0.29) is 19.2 Å². The van der Waals surface area contributed by atoms with Crippen molar-refractivity contribution in [3.05, 3.63) is 34.4 Å². The molecule has 0 saturated carbocycles. The van der Waals surface area contributed by atoms with Gasteiger partial charge in [0, 0.05) is 12.1 Å². The smallest absolute Gasteiger partial charge is 0.269 e. The molecular formula is C7H9NO3S. The quantitative estimate of drug-likeness (QED) is 0.523. The number of rotatable bonds is 2. The van der Waals surface area contributed by atoms with Gasteiger partial charge in [0.05, 0.1) is 12.0 Å². The molecule has 0 radical (unpaired) electrons. The van der Waals surface area contributed by atoms with Crippen LogP contribution >= 0.6 is 13.5 Å². The Labute approximate surface area is 76.8 Å².